The SMILES string of the molecule is CC(N)C1CN(CCCC(C)(C)C#N)CCO1. The minimum atomic E-state index is -0.202. The van der Waals surface area contributed by atoms with Crippen molar-refractivity contribution in [3.8, 4) is 6.07 Å². The van der Waals surface area contributed by atoms with E-state index in [2.05, 4.69) is 11.0 Å². The first-order chi connectivity index (χ1) is 7.94. The Morgan fingerprint density at radius 3 is 2.88 bits per heavy atom. The molecule has 4 nitrogen and oxygen atoms in total. The van der Waals surface area contributed by atoms with E-state index in [0.717, 1.165) is 39.1 Å². The summed E-state index contributed by atoms with van der Waals surface area (Å²) in [5.74, 6) is 0. The van der Waals surface area contributed by atoms with Gasteiger partial charge >= 0.3 is 0 Å². The van der Waals surface area contributed by atoms with Crippen LogP contribution >= 0.6 is 0 Å². The van der Waals surface area contributed by atoms with Crippen LogP contribution in [-0.2, 0) is 4.74 Å². The molecule has 0 amide bonds. The number of rotatable bonds is 5. The first-order valence-electron chi connectivity index (χ1n) is 6.45. The fourth-order valence-electron chi connectivity index (χ4n) is 2.05. The van der Waals surface area contributed by atoms with Gasteiger partial charge < -0.3 is 10.5 Å². The monoisotopic (exact) mass is 239 g/mol. The molecule has 0 bridgehead atoms. The largest absolute Gasteiger partial charge is 0.374 e. The van der Waals surface area contributed by atoms with Crippen molar-refractivity contribution in [3.63, 3.8) is 0 Å². The highest BCUT2D eigenvalue weighted by atomic mass is 16.5. The second-order valence-corrected chi connectivity index (χ2v) is 5.67. The average Bonchev–Trinajstić information content (AvgIpc) is 2.29. The van der Waals surface area contributed by atoms with Crippen LogP contribution in [-0.4, -0.2) is 43.3 Å². The van der Waals surface area contributed by atoms with E-state index in [0.29, 0.717) is 0 Å². The van der Waals surface area contributed by atoms with Gasteiger partial charge in [0, 0.05) is 19.1 Å². The standard InChI is InChI=1S/C13H25N3O/c1-11(15)12-9-16(7-8-17-12)6-4-5-13(2,3)10-14/h11-12H,4-9,15H2,1-3H3. The summed E-state index contributed by atoms with van der Waals surface area (Å²) < 4.78 is 5.62. The summed E-state index contributed by atoms with van der Waals surface area (Å²) in [7, 11) is 0. The molecule has 1 heterocycles. The maximum absolute atomic E-state index is 8.95. The van der Waals surface area contributed by atoms with E-state index < -0.39 is 0 Å². The molecule has 1 aliphatic heterocycles. The van der Waals surface area contributed by atoms with Crippen LogP contribution in [0.25, 0.3) is 0 Å². The van der Waals surface area contributed by atoms with Crippen molar-refractivity contribution in [1.82, 2.24) is 4.90 Å². The zero-order valence-electron chi connectivity index (χ0n) is 11.3. The van der Waals surface area contributed by atoms with Crippen LogP contribution in [0.15, 0.2) is 0 Å². The molecule has 1 fully saturated rings. The highest BCUT2D eigenvalue weighted by Crippen LogP contribution is 2.21. The third-order valence-corrected chi connectivity index (χ3v) is 3.34. The molecule has 2 N–H and O–H groups in total. The summed E-state index contributed by atoms with van der Waals surface area (Å²) in [6.07, 6.45) is 2.17. The van der Waals surface area contributed by atoms with Crippen LogP contribution < -0.4 is 5.73 Å². The van der Waals surface area contributed by atoms with Gasteiger partial charge in [0.1, 0.15) is 0 Å². The number of hydrogen-bond acceptors (Lipinski definition) is 4. The van der Waals surface area contributed by atoms with Gasteiger partial charge in [0.05, 0.1) is 24.2 Å². The van der Waals surface area contributed by atoms with Gasteiger partial charge in [-0.25, -0.2) is 0 Å². The van der Waals surface area contributed by atoms with Gasteiger partial charge in [0.15, 0.2) is 0 Å². The second-order valence-electron chi connectivity index (χ2n) is 5.67. The molecule has 17 heavy (non-hydrogen) atoms. The second kappa shape index (κ2) is 6.34. The lowest BCUT2D eigenvalue weighted by Crippen LogP contribution is -2.49. The first kappa shape index (κ1) is 14.4. The van der Waals surface area contributed by atoms with Crippen LogP contribution in [0.1, 0.15) is 33.6 Å². The Balaban J connectivity index is 2.26. The molecule has 0 aromatic carbocycles. The fourth-order valence-corrected chi connectivity index (χ4v) is 2.05. The summed E-state index contributed by atoms with van der Waals surface area (Å²) in [4.78, 5) is 2.39. The molecule has 98 valence electrons. The Morgan fingerprint density at radius 1 is 1.59 bits per heavy atom. The number of nitriles is 1. The third-order valence-electron chi connectivity index (χ3n) is 3.34. The van der Waals surface area contributed by atoms with E-state index in [4.69, 9.17) is 15.7 Å². The zero-order chi connectivity index (χ0) is 12.9. The molecule has 1 rings (SSSR count). The van der Waals surface area contributed by atoms with Gasteiger partial charge in [0.2, 0.25) is 0 Å². The van der Waals surface area contributed by atoms with Crippen molar-refractivity contribution in [2.45, 2.75) is 45.8 Å². The van der Waals surface area contributed by atoms with Crippen molar-refractivity contribution >= 4 is 0 Å². The van der Waals surface area contributed by atoms with Crippen molar-refractivity contribution < 1.29 is 4.74 Å². The lowest BCUT2D eigenvalue weighted by Gasteiger charge is -2.35. The summed E-state index contributed by atoms with van der Waals surface area (Å²) in [6.45, 7) is 9.70. The van der Waals surface area contributed by atoms with Crippen LogP contribution in [0.4, 0.5) is 0 Å². The maximum atomic E-state index is 8.95. The van der Waals surface area contributed by atoms with Gasteiger partial charge in [-0.05, 0) is 40.2 Å². The fraction of sp³-hybridized carbons (Fsp3) is 0.923. The quantitative estimate of drug-likeness (QED) is 0.787. The van der Waals surface area contributed by atoms with E-state index in [1.807, 2.05) is 20.8 Å². The molecule has 0 saturated carbocycles. The lowest BCUT2D eigenvalue weighted by atomic mass is 9.90. The molecule has 0 aliphatic carbocycles. The molecule has 4 heteroatoms. The summed E-state index contributed by atoms with van der Waals surface area (Å²) in [5, 5.41) is 8.95. The Morgan fingerprint density at radius 2 is 2.29 bits per heavy atom. The molecule has 1 saturated heterocycles. The molecule has 0 aromatic rings. The Labute approximate surface area is 105 Å². The van der Waals surface area contributed by atoms with E-state index in [1.54, 1.807) is 0 Å². The molecular formula is C13H25N3O. The molecule has 0 spiro atoms. The highest BCUT2D eigenvalue weighted by molar-refractivity contribution is 4.91. The van der Waals surface area contributed by atoms with Gasteiger partial charge in [-0.2, -0.15) is 5.26 Å². The number of hydrogen-bond donors (Lipinski definition) is 1. The number of nitrogens with zero attached hydrogens (tertiary/aromatic N) is 2. The first-order valence-corrected chi connectivity index (χ1v) is 6.45. The third kappa shape index (κ3) is 5.03. The van der Waals surface area contributed by atoms with Crippen LogP contribution in [0.3, 0.4) is 0 Å². The predicted molar refractivity (Wildman–Crippen MR) is 68.5 cm³/mol. The minimum absolute atomic E-state index is 0.0911. The number of morpholine rings is 1. The zero-order valence-corrected chi connectivity index (χ0v) is 11.3. The van der Waals surface area contributed by atoms with Crippen molar-refractivity contribution in [2.75, 3.05) is 26.2 Å². The van der Waals surface area contributed by atoms with Crippen molar-refractivity contribution in [3.05, 3.63) is 0 Å². The highest BCUT2D eigenvalue weighted by Gasteiger charge is 2.23. The molecule has 2 unspecified atom stereocenters. The molecule has 2 atom stereocenters. The van der Waals surface area contributed by atoms with E-state index in [1.165, 1.54) is 0 Å². The van der Waals surface area contributed by atoms with E-state index in [9.17, 15) is 0 Å². The normalized spacial score (nSPS) is 24.3. The number of ether oxygens (including phenoxy) is 1. The Bertz CT molecular complexity index is 270. The molecule has 0 aromatic heterocycles. The predicted octanol–water partition coefficient (Wildman–Crippen LogP) is 1.36. The summed E-state index contributed by atoms with van der Waals surface area (Å²) in [5.41, 5.74) is 5.65. The summed E-state index contributed by atoms with van der Waals surface area (Å²) in [6, 6.07) is 2.43. The molecular weight excluding hydrogens is 214 g/mol. The topological polar surface area (TPSA) is 62.3 Å². The van der Waals surface area contributed by atoms with Crippen molar-refractivity contribution in [2.24, 2.45) is 11.1 Å². The van der Waals surface area contributed by atoms with E-state index >= 15 is 0 Å². The number of nitrogens with two attached hydrogens (primary N) is 1. The Kier molecular flexibility index (Phi) is 5.38. The maximum Gasteiger partial charge on any atom is 0.0850 e. The van der Waals surface area contributed by atoms with Gasteiger partial charge in [-0.15, -0.1) is 0 Å². The van der Waals surface area contributed by atoms with Crippen LogP contribution in [0, 0.1) is 16.7 Å². The van der Waals surface area contributed by atoms with Gasteiger partial charge in [-0.1, -0.05) is 0 Å². The smallest absolute Gasteiger partial charge is 0.0850 e. The lowest BCUT2D eigenvalue weighted by molar-refractivity contribution is -0.0382. The van der Waals surface area contributed by atoms with Crippen LogP contribution in [0.5, 0.6) is 0 Å². The Hall–Kier alpha value is -0.630. The van der Waals surface area contributed by atoms with Gasteiger partial charge in [-0.3, -0.25) is 4.90 Å². The average molecular weight is 239 g/mol. The minimum Gasteiger partial charge on any atom is -0.374 e. The van der Waals surface area contributed by atoms with E-state index in [-0.39, 0.29) is 17.6 Å². The van der Waals surface area contributed by atoms with Gasteiger partial charge in [0.25, 0.3) is 0 Å². The molecule has 0 radical (unpaired) electrons. The van der Waals surface area contributed by atoms with Crippen LogP contribution in [0.2, 0.25) is 0 Å². The van der Waals surface area contributed by atoms with Crippen molar-refractivity contribution in [1.29, 1.82) is 5.26 Å². The molecule has 1 aliphatic rings. The summed E-state index contributed by atoms with van der Waals surface area (Å²) >= 11 is 0.